The maximum atomic E-state index is 11.6. The van der Waals surface area contributed by atoms with Crippen LogP contribution in [0, 0.1) is 13.8 Å². The third-order valence-corrected chi connectivity index (χ3v) is 9.37. The molecule has 0 unspecified atom stereocenters. The summed E-state index contributed by atoms with van der Waals surface area (Å²) < 4.78 is 24.1. The Labute approximate surface area is 286 Å². The minimum absolute atomic E-state index is 0.280. The van der Waals surface area contributed by atoms with Gasteiger partial charge >= 0.3 is 0 Å². The molecule has 0 saturated carbocycles. The first kappa shape index (κ1) is 32.6. The lowest BCUT2D eigenvalue weighted by atomic mass is 9.92. The molecular formula is C38H32N2O6S2. The lowest BCUT2D eigenvalue weighted by molar-refractivity contribution is 0.111. The van der Waals surface area contributed by atoms with Crippen molar-refractivity contribution in [2.24, 2.45) is 0 Å². The highest BCUT2D eigenvalue weighted by Crippen LogP contribution is 2.33. The van der Waals surface area contributed by atoms with E-state index < -0.39 is 0 Å². The first-order chi connectivity index (χ1) is 23.5. The summed E-state index contributed by atoms with van der Waals surface area (Å²) >= 11 is 2.99. The van der Waals surface area contributed by atoms with Crippen LogP contribution in [0.2, 0.25) is 0 Å². The van der Waals surface area contributed by atoms with E-state index in [9.17, 15) is 9.59 Å². The average molecular weight is 677 g/mol. The van der Waals surface area contributed by atoms with Crippen molar-refractivity contribution >= 4 is 35.2 Å². The van der Waals surface area contributed by atoms with Gasteiger partial charge in [-0.15, -0.1) is 22.7 Å². The van der Waals surface area contributed by atoms with Crippen molar-refractivity contribution in [1.29, 1.82) is 0 Å². The van der Waals surface area contributed by atoms with E-state index in [4.69, 9.17) is 18.9 Å². The van der Waals surface area contributed by atoms with Crippen LogP contribution in [-0.2, 0) is 26.4 Å². The monoisotopic (exact) mass is 676 g/mol. The molecule has 0 amide bonds. The molecule has 0 radical (unpaired) electrons. The molecule has 6 aromatic rings. The Balaban J connectivity index is 1.14. The number of carbonyl (C=O) groups excluding carboxylic acids is 2. The van der Waals surface area contributed by atoms with Crippen LogP contribution in [0.5, 0.6) is 23.0 Å². The van der Waals surface area contributed by atoms with Gasteiger partial charge < -0.3 is 18.9 Å². The van der Waals surface area contributed by atoms with E-state index in [2.05, 4.69) is 48.1 Å². The Morgan fingerprint density at radius 3 is 1.44 bits per heavy atom. The number of benzene rings is 4. The van der Waals surface area contributed by atoms with Gasteiger partial charge in [-0.3, -0.25) is 9.59 Å². The molecule has 0 spiro atoms. The van der Waals surface area contributed by atoms with Gasteiger partial charge in [0, 0.05) is 35.3 Å². The second-order valence-electron chi connectivity index (χ2n) is 10.8. The lowest BCUT2D eigenvalue weighted by Crippen LogP contribution is -2.03. The summed E-state index contributed by atoms with van der Waals surface area (Å²) in [4.78, 5) is 31.7. The summed E-state index contributed by atoms with van der Waals surface area (Å²) in [5.41, 5.74) is 7.41. The standard InChI is InChI=1S/C38H32N2O6S2/c1-25-29(21-43-31-11-9-27(19-41)35(17-31)45-23-37-39-13-15-47-37)5-3-7-33(25)34-8-4-6-30(26(34)2)22-44-32-12-10-28(20-42)36(18-32)46-24-38-40-14-16-48-38/h3-20H,21-24H2,1-2H3. The molecule has 2 aromatic heterocycles. The van der Waals surface area contributed by atoms with E-state index in [1.807, 2.05) is 22.9 Å². The van der Waals surface area contributed by atoms with Crippen LogP contribution in [0.3, 0.4) is 0 Å². The fourth-order valence-electron chi connectivity index (χ4n) is 5.17. The van der Waals surface area contributed by atoms with E-state index in [0.29, 0.717) is 47.3 Å². The predicted octanol–water partition coefficient (Wildman–Crippen LogP) is 8.82. The number of ether oxygens (including phenoxy) is 4. The highest BCUT2D eigenvalue weighted by molar-refractivity contribution is 7.09. The molecule has 0 atom stereocenters. The number of hydrogen-bond acceptors (Lipinski definition) is 10. The van der Waals surface area contributed by atoms with Crippen LogP contribution < -0.4 is 18.9 Å². The highest BCUT2D eigenvalue weighted by Gasteiger charge is 2.14. The number of aromatic nitrogens is 2. The highest BCUT2D eigenvalue weighted by atomic mass is 32.1. The summed E-state index contributed by atoms with van der Waals surface area (Å²) in [5.74, 6) is 2.12. The van der Waals surface area contributed by atoms with E-state index in [1.54, 1.807) is 48.8 Å². The lowest BCUT2D eigenvalue weighted by Gasteiger charge is -2.17. The third-order valence-electron chi connectivity index (χ3n) is 7.86. The van der Waals surface area contributed by atoms with Crippen LogP contribution in [-0.4, -0.2) is 22.5 Å². The molecule has 48 heavy (non-hydrogen) atoms. The molecule has 0 saturated heterocycles. The van der Waals surface area contributed by atoms with Gasteiger partial charge in [0.05, 0.1) is 11.1 Å². The van der Waals surface area contributed by atoms with Gasteiger partial charge in [-0.2, -0.15) is 0 Å². The minimum atomic E-state index is 0.280. The van der Waals surface area contributed by atoms with E-state index >= 15 is 0 Å². The number of rotatable bonds is 15. The molecule has 0 aliphatic rings. The first-order valence-electron chi connectivity index (χ1n) is 15.2. The number of nitrogens with zero attached hydrogens (tertiary/aromatic N) is 2. The van der Waals surface area contributed by atoms with Crippen LogP contribution >= 0.6 is 22.7 Å². The smallest absolute Gasteiger partial charge is 0.153 e. The molecule has 0 aliphatic carbocycles. The summed E-state index contributed by atoms with van der Waals surface area (Å²) in [6.07, 6.45) is 4.99. The summed E-state index contributed by atoms with van der Waals surface area (Å²) in [6.45, 7) is 5.44. The van der Waals surface area contributed by atoms with Crippen LogP contribution in [0.15, 0.2) is 96.0 Å². The second kappa shape index (κ2) is 15.5. The first-order valence-corrected chi connectivity index (χ1v) is 16.9. The SMILES string of the molecule is Cc1c(COc2ccc(C=O)c(OCc3nccs3)c2)cccc1-c1cccc(COc2ccc(C=O)c(OCc3nccs3)c2)c1C. The molecule has 2 heterocycles. The Morgan fingerprint density at radius 2 is 1.04 bits per heavy atom. The van der Waals surface area contributed by atoms with Crippen LogP contribution in [0.25, 0.3) is 11.1 Å². The zero-order valence-corrected chi connectivity index (χ0v) is 28.0. The van der Waals surface area contributed by atoms with Crippen molar-refractivity contribution in [3.05, 3.63) is 139 Å². The number of hydrogen-bond donors (Lipinski definition) is 0. The second-order valence-corrected chi connectivity index (χ2v) is 12.8. The Hall–Kier alpha value is -5.32. The summed E-state index contributed by atoms with van der Waals surface area (Å²) in [7, 11) is 0. The van der Waals surface area contributed by atoms with Crippen LogP contribution in [0.1, 0.15) is 53.0 Å². The van der Waals surface area contributed by atoms with E-state index in [-0.39, 0.29) is 13.2 Å². The van der Waals surface area contributed by atoms with Gasteiger partial charge in [0.25, 0.3) is 0 Å². The molecule has 4 aromatic carbocycles. The molecule has 0 fully saturated rings. The van der Waals surface area contributed by atoms with Gasteiger partial charge in [0.2, 0.25) is 0 Å². The van der Waals surface area contributed by atoms with Crippen molar-refractivity contribution in [2.75, 3.05) is 0 Å². The van der Waals surface area contributed by atoms with Crippen molar-refractivity contribution in [3.63, 3.8) is 0 Å². The van der Waals surface area contributed by atoms with Crippen LogP contribution in [0.4, 0.5) is 0 Å². The quantitative estimate of drug-likeness (QED) is 0.0996. The van der Waals surface area contributed by atoms with E-state index in [1.165, 1.54) is 22.7 Å². The zero-order chi connectivity index (χ0) is 33.3. The Bertz CT molecular complexity index is 1860. The molecule has 6 rings (SSSR count). The minimum Gasteiger partial charge on any atom is -0.489 e. The fourth-order valence-corrected chi connectivity index (χ4v) is 6.22. The van der Waals surface area contributed by atoms with Gasteiger partial charge in [0.15, 0.2) is 12.6 Å². The molecule has 10 heteroatoms. The maximum absolute atomic E-state index is 11.6. The van der Waals surface area contributed by atoms with Crippen molar-refractivity contribution in [1.82, 2.24) is 9.97 Å². The predicted molar refractivity (Wildman–Crippen MR) is 187 cm³/mol. The fraction of sp³-hybridized carbons (Fsp3) is 0.158. The summed E-state index contributed by atoms with van der Waals surface area (Å²) in [6, 6.07) is 22.8. The number of aldehydes is 2. The van der Waals surface area contributed by atoms with Gasteiger partial charge in [0.1, 0.15) is 59.4 Å². The average Bonchev–Trinajstić information content (AvgIpc) is 3.84. The zero-order valence-electron chi connectivity index (χ0n) is 26.4. The largest absolute Gasteiger partial charge is 0.489 e. The summed E-state index contributed by atoms with van der Waals surface area (Å²) in [5, 5.41) is 5.42. The van der Waals surface area contributed by atoms with Crippen molar-refractivity contribution < 1.29 is 28.5 Å². The Kier molecular flexibility index (Phi) is 10.5. The molecule has 8 nitrogen and oxygen atoms in total. The molecule has 0 bridgehead atoms. The third kappa shape index (κ3) is 7.79. The van der Waals surface area contributed by atoms with Gasteiger partial charge in [-0.25, -0.2) is 9.97 Å². The van der Waals surface area contributed by atoms with Crippen molar-refractivity contribution in [3.8, 4) is 34.1 Å². The van der Waals surface area contributed by atoms with Gasteiger partial charge in [-0.1, -0.05) is 36.4 Å². The normalized spacial score (nSPS) is 10.8. The van der Waals surface area contributed by atoms with Crippen molar-refractivity contribution in [2.45, 2.75) is 40.3 Å². The maximum Gasteiger partial charge on any atom is 0.153 e. The molecular weight excluding hydrogens is 645 g/mol. The number of thiazole rings is 2. The van der Waals surface area contributed by atoms with Gasteiger partial charge in [-0.05, 0) is 71.5 Å². The topological polar surface area (TPSA) is 96.8 Å². The number of carbonyl (C=O) groups is 2. The Morgan fingerprint density at radius 1 is 0.583 bits per heavy atom. The molecule has 242 valence electrons. The molecule has 0 aliphatic heterocycles. The molecule has 0 N–H and O–H groups in total. The van der Waals surface area contributed by atoms with E-state index in [0.717, 1.165) is 56.0 Å².